The lowest BCUT2D eigenvalue weighted by Gasteiger charge is -2.18. The van der Waals surface area contributed by atoms with E-state index < -0.39 is 0 Å². The summed E-state index contributed by atoms with van der Waals surface area (Å²) in [6.45, 7) is 4.23. The molecule has 0 saturated heterocycles. The van der Waals surface area contributed by atoms with Crippen LogP contribution in [0.5, 0.6) is 0 Å². The molecule has 1 aliphatic rings. The third kappa shape index (κ3) is 3.29. The van der Waals surface area contributed by atoms with Crippen molar-refractivity contribution in [2.75, 3.05) is 6.54 Å². The van der Waals surface area contributed by atoms with Crippen LogP contribution in [0.3, 0.4) is 0 Å². The Morgan fingerprint density at radius 2 is 2.19 bits per heavy atom. The molecule has 1 heterocycles. The van der Waals surface area contributed by atoms with Gasteiger partial charge in [-0.3, -0.25) is 0 Å². The lowest BCUT2D eigenvalue weighted by Crippen LogP contribution is -2.14. The molecule has 2 nitrogen and oxygen atoms in total. The van der Waals surface area contributed by atoms with Crippen molar-refractivity contribution in [1.29, 1.82) is 0 Å². The van der Waals surface area contributed by atoms with Crippen molar-refractivity contribution in [2.24, 2.45) is 0 Å². The fraction of sp³-hybridized carbons (Fsp3) is 0.769. The van der Waals surface area contributed by atoms with Crippen LogP contribution in [0.1, 0.15) is 62.1 Å². The monoisotopic (exact) mass is 238 g/mol. The Balaban J connectivity index is 1.85. The smallest absolute Gasteiger partial charge is 0.0959 e. The molecule has 0 bridgehead atoms. The normalized spacial score (nSPS) is 17.8. The molecule has 1 fully saturated rings. The van der Waals surface area contributed by atoms with E-state index in [1.165, 1.54) is 49.2 Å². The Bertz CT molecular complexity index is 303. The summed E-state index contributed by atoms with van der Waals surface area (Å²) in [6.07, 6.45) is 8.12. The fourth-order valence-electron chi connectivity index (χ4n) is 2.33. The SMILES string of the molecule is CCCNCc1csc(C2CCCCC2)n1. The second-order valence-corrected chi connectivity index (χ2v) is 5.58. The van der Waals surface area contributed by atoms with Crippen LogP contribution in [0.4, 0.5) is 0 Å². The molecule has 1 N–H and O–H groups in total. The van der Waals surface area contributed by atoms with Gasteiger partial charge in [0.15, 0.2) is 0 Å². The molecule has 1 aromatic rings. The highest BCUT2D eigenvalue weighted by Crippen LogP contribution is 2.34. The lowest BCUT2D eigenvalue weighted by atomic mass is 9.90. The molecule has 1 aromatic heterocycles. The standard InChI is InChI=1S/C13H22N2S/c1-2-8-14-9-12-10-16-13(15-12)11-6-4-3-5-7-11/h10-11,14H,2-9H2,1H3. The van der Waals surface area contributed by atoms with Gasteiger partial charge in [-0.1, -0.05) is 26.2 Å². The van der Waals surface area contributed by atoms with Crippen molar-refractivity contribution in [3.63, 3.8) is 0 Å². The van der Waals surface area contributed by atoms with Crippen molar-refractivity contribution >= 4 is 11.3 Å². The van der Waals surface area contributed by atoms with E-state index in [2.05, 4.69) is 17.6 Å². The Hall–Kier alpha value is -0.410. The number of hydrogen-bond acceptors (Lipinski definition) is 3. The zero-order valence-electron chi connectivity index (χ0n) is 10.2. The predicted molar refractivity (Wildman–Crippen MR) is 69.9 cm³/mol. The zero-order chi connectivity index (χ0) is 11.2. The number of thiazole rings is 1. The van der Waals surface area contributed by atoms with Crippen molar-refractivity contribution in [3.05, 3.63) is 16.1 Å². The van der Waals surface area contributed by atoms with Crippen LogP contribution in [0.25, 0.3) is 0 Å². The van der Waals surface area contributed by atoms with Crippen molar-refractivity contribution in [3.8, 4) is 0 Å². The summed E-state index contributed by atoms with van der Waals surface area (Å²) in [7, 11) is 0. The summed E-state index contributed by atoms with van der Waals surface area (Å²) in [6, 6.07) is 0. The van der Waals surface area contributed by atoms with Crippen molar-refractivity contribution in [2.45, 2.75) is 57.9 Å². The molecule has 3 heteroatoms. The number of nitrogens with one attached hydrogen (secondary N) is 1. The van der Waals surface area contributed by atoms with E-state index in [-0.39, 0.29) is 0 Å². The van der Waals surface area contributed by atoms with Crippen LogP contribution in [0, 0.1) is 0 Å². The van der Waals surface area contributed by atoms with Crippen LogP contribution >= 0.6 is 11.3 Å². The minimum absolute atomic E-state index is 0.763. The third-order valence-electron chi connectivity index (χ3n) is 3.26. The topological polar surface area (TPSA) is 24.9 Å². The van der Waals surface area contributed by atoms with Crippen LogP contribution in [-0.2, 0) is 6.54 Å². The van der Waals surface area contributed by atoms with E-state index in [0.717, 1.165) is 19.0 Å². The Kier molecular flexibility index (Phi) is 4.79. The largest absolute Gasteiger partial charge is 0.311 e. The predicted octanol–water partition coefficient (Wildman–Crippen LogP) is 3.69. The minimum Gasteiger partial charge on any atom is -0.311 e. The summed E-state index contributed by atoms with van der Waals surface area (Å²) in [5.41, 5.74) is 1.24. The highest BCUT2D eigenvalue weighted by atomic mass is 32.1. The molecule has 2 rings (SSSR count). The second-order valence-electron chi connectivity index (χ2n) is 4.69. The van der Waals surface area contributed by atoms with Gasteiger partial charge in [0.2, 0.25) is 0 Å². The zero-order valence-corrected chi connectivity index (χ0v) is 11.0. The molecule has 0 spiro atoms. The molecule has 1 aliphatic carbocycles. The summed E-state index contributed by atoms with van der Waals surface area (Å²) in [5, 5.41) is 7.02. The third-order valence-corrected chi connectivity index (χ3v) is 4.31. The molecule has 0 atom stereocenters. The number of rotatable bonds is 5. The molecule has 1 saturated carbocycles. The highest BCUT2D eigenvalue weighted by molar-refractivity contribution is 7.09. The summed E-state index contributed by atoms with van der Waals surface area (Å²) < 4.78 is 0. The first-order valence-corrected chi connectivity index (χ1v) is 7.43. The van der Waals surface area contributed by atoms with Gasteiger partial charge in [-0.05, 0) is 25.8 Å². The van der Waals surface area contributed by atoms with Crippen molar-refractivity contribution < 1.29 is 0 Å². The van der Waals surface area contributed by atoms with Gasteiger partial charge in [0.05, 0.1) is 10.7 Å². The highest BCUT2D eigenvalue weighted by Gasteiger charge is 2.18. The first-order chi connectivity index (χ1) is 7.90. The van der Waals surface area contributed by atoms with E-state index in [1.807, 2.05) is 11.3 Å². The molecular weight excluding hydrogens is 216 g/mol. The summed E-state index contributed by atoms with van der Waals surface area (Å²) in [5.74, 6) is 0.763. The summed E-state index contributed by atoms with van der Waals surface area (Å²) >= 11 is 1.86. The van der Waals surface area contributed by atoms with Crippen LogP contribution in [0.15, 0.2) is 5.38 Å². The molecular formula is C13H22N2S. The average Bonchev–Trinajstić information content (AvgIpc) is 2.79. The maximum atomic E-state index is 4.76. The first kappa shape index (κ1) is 12.1. The molecule has 90 valence electrons. The van der Waals surface area contributed by atoms with E-state index in [1.54, 1.807) is 0 Å². The van der Waals surface area contributed by atoms with Crippen molar-refractivity contribution in [1.82, 2.24) is 10.3 Å². The van der Waals surface area contributed by atoms with E-state index in [4.69, 9.17) is 4.98 Å². The molecule has 0 aromatic carbocycles. The Labute approximate surface area is 102 Å². The van der Waals surface area contributed by atoms with Gasteiger partial charge in [-0.2, -0.15) is 0 Å². The van der Waals surface area contributed by atoms with Gasteiger partial charge in [-0.15, -0.1) is 11.3 Å². The van der Waals surface area contributed by atoms with E-state index >= 15 is 0 Å². The molecule has 0 radical (unpaired) electrons. The minimum atomic E-state index is 0.763. The molecule has 0 aliphatic heterocycles. The van der Waals surface area contributed by atoms with E-state index in [0.29, 0.717) is 0 Å². The van der Waals surface area contributed by atoms with Gasteiger partial charge in [0, 0.05) is 17.8 Å². The first-order valence-electron chi connectivity index (χ1n) is 6.55. The molecule has 16 heavy (non-hydrogen) atoms. The van der Waals surface area contributed by atoms with Gasteiger partial charge in [0.1, 0.15) is 0 Å². The molecule has 0 amide bonds. The number of aromatic nitrogens is 1. The quantitative estimate of drug-likeness (QED) is 0.791. The fourth-order valence-corrected chi connectivity index (χ4v) is 3.33. The van der Waals surface area contributed by atoms with Gasteiger partial charge in [-0.25, -0.2) is 4.98 Å². The maximum absolute atomic E-state index is 4.76. The van der Waals surface area contributed by atoms with Gasteiger partial charge in [0.25, 0.3) is 0 Å². The number of nitrogens with zero attached hydrogens (tertiary/aromatic N) is 1. The number of hydrogen-bond donors (Lipinski definition) is 1. The van der Waals surface area contributed by atoms with E-state index in [9.17, 15) is 0 Å². The van der Waals surface area contributed by atoms with Gasteiger partial charge >= 0.3 is 0 Å². The molecule has 0 unspecified atom stereocenters. The lowest BCUT2D eigenvalue weighted by molar-refractivity contribution is 0.441. The van der Waals surface area contributed by atoms with Gasteiger partial charge < -0.3 is 5.32 Å². The Morgan fingerprint density at radius 1 is 1.38 bits per heavy atom. The average molecular weight is 238 g/mol. The van der Waals surface area contributed by atoms with Crippen LogP contribution in [0.2, 0.25) is 0 Å². The van der Waals surface area contributed by atoms with Crippen LogP contribution < -0.4 is 5.32 Å². The summed E-state index contributed by atoms with van der Waals surface area (Å²) in [4.78, 5) is 4.76. The Morgan fingerprint density at radius 3 is 2.94 bits per heavy atom. The van der Waals surface area contributed by atoms with Crippen LogP contribution in [-0.4, -0.2) is 11.5 Å². The maximum Gasteiger partial charge on any atom is 0.0959 e. The second kappa shape index (κ2) is 6.36.